The molecule has 3 rings (SSSR count). The lowest BCUT2D eigenvalue weighted by atomic mass is 9.95. The molecule has 2 heterocycles. The van der Waals surface area contributed by atoms with Crippen molar-refractivity contribution in [2.45, 2.75) is 33.1 Å². The van der Waals surface area contributed by atoms with E-state index in [1.165, 1.54) is 6.07 Å². The summed E-state index contributed by atoms with van der Waals surface area (Å²) >= 11 is 0. The molecule has 4 nitrogen and oxygen atoms in total. The molecule has 104 valence electrons. The zero-order valence-corrected chi connectivity index (χ0v) is 11.6. The average Bonchev–Trinajstić information content (AvgIpc) is 2.38. The van der Waals surface area contributed by atoms with Crippen LogP contribution in [0, 0.1) is 6.92 Å². The standard InChI is InChI=1S/C16H16O4/c1-3-4-10-8-13(18)20-16-14(10)9(2)7-12-15(16)11(17)5-6-19-12/h7-8H,3-6H2,1-2H3. The zero-order chi connectivity index (χ0) is 14.3. The molecule has 1 aliphatic heterocycles. The average molecular weight is 272 g/mol. The van der Waals surface area contributed by atoms with Crippen molar-refractivity contribution in [3.05, 3.63) is 39.2 Å². The van der Waals surface area contributed by atoms with Crippen molar-refractivity contribution in [1.29, 1.82) is 0 Å². The first-order valence-corrected chi connectivity index (χ1v) is 6.88. The summed E-state index contributed by atoms with van der Waals surface area (Å²) in [6.07, 6.45) is 2.04. The van der Waals surface area contributed by atoms with Gasteiger partial charge in [0.25, 0.3) is 0 Å². The van der Waals surface area contributed by atoms with Gasteiger partial charge in [0.2, 0.25) is 0 Å². The Bertz CT molecular complexity index is 755. The topological polar surface area (TPSA) is 56.5 Å². The molecule has 1 aromatic heterocycles. The van der Waals surface area contributed by atoms with Crippen LogP contribution in [0.5, 0.6) is 5.75 Å². The Kier molecular flexibility index (Phi) is 3.08. The van der Waals surface area contributed by atoms with Crippen molar-refractivity contribution < 1.29 is 13.9 Å². The SMILES string of the molecule is CCCc1cc(=O)oc2c3c(cc(C)c12)OCCC3=O. The molecule has 0 atom stereocenters. The smallest absolute Gasteiger partial charge is 0.336 e. The number of rotatable bonds is 2. The van der Waals surface area contributed by atoms with Gasteiger partial charge in [0, 0.05) is 17.9 Å². The van der Waals surface area contributed by atoms with E-state index in [0.29, 0.717) is 29.9 Å². The third-order valence-corrected chi connectivity index (χ3v) is 3.64. The van der Waals surface area contributed by atoms with Crippen molar-refractivity contribution in [2.24, 2.45) is 0 Å². The largest absolute Gasteiger partial charge is 0.492 e. The maximum absolute atomic E-state index is 12.1. The van der Waals surface area contributed by atoms with Gasteiger partial charge in [-0.05, 0) is 30.5 Å². The molecule has 0 unspecified atom stereocenters. The van der Waals surface area contributed by atoms with Gasteiger partial charge in [0.15, 0.2) is 11.4 Å². The van der Waals surface area contributed by atoms with Crippen LogP contribution in [0.3, 0.4) is 0 Å². The number of benzene rings is 1. The molecule has 20 heavy (non-hydrogen) atoms. The minimum Gasteiger partial charge on any atom is -0.492 e. The fraction of sp³-hybridized carbons (Fsp3) is 0.375. The maximum Gasteiger partial charge on any atom is 0.336 e. The van der Waals surface area contributed by atoms with E-state index in [1.807, 2.05) is 13.0 Å². The van der Waals surface area contributed by atoms with Crippen LogP contribution in [0.2, 0.25) is 0 Å². The van der Waals surface area contributed by atoms with Crippen molar-refractivity contribution in [2.75, 3.05) is 6.61 Å². The van der Waals surface area contributed by atoms with Crippen molar-refractivity contribution in [3.8, 4) is 5.75 Å². The second-order valence-corrected chi connectivity index (χ2v) is 5.13. The summed E-state index contributed by atoms with van der Waals surface area (Å²) in [5.41, 5.74) is 2.32. The third-order valence-electron chi connectivity index (χ3n) is 3.64. The molecule has 0 fully saturated rings. The van der Waals surface area contributed by atoms with E-state index in [4.69, 9.17) is 9.15 Å². The lowest BCUT2D eigenvalue weighted by Crippen LogP contribution is -2.17. The first kappa shape index (κ1) is 12.9. The van der Waals surface area contributed by atoms with Gasteiger partial charge in [-0.15, -0.1) is 0 Å². The molecule has 1 aliphatic rings. The first-order chi connectivity index (χ1) is 9.61. The number of aryl methyl sites for hydroxylation is 2. The van der Waals surface area contributed by atoms with Gasteiger partial charge in [-0.1, -0.05) is 13.3 Å². The van der Waals surface area contributed by atoms with Crippen LogP contribution >= 0.6 is 0 Å². The van der Waals surface area contributed by atoms with E-state index in [1.54, 1.807) is 0 Å². The summed E-state index contributed by atoms with van der Waals surface area (Å²) in [5, 5.41) is 0.879. The lowest BCUT2D eigenvalue weighted by Gasteiger charge is -2.19. The normalized spacial score (nSPS) is 14.2. The van der Waals surface area contributed by atoms with Crippen LogP contribution in [0.15, 0.2) is 21.3 Å². The molecule has 2 aromatic rings. The molecule has 4 heteroatoms. The first-order valence-electron chi connectivity index (χ1n) is 6.88. The van der Waals surface area contributed by atoms with E-state index in [0.717, 1.165) is 29.4 Å². The van der Waals surface area contributed by atoms with Crippen LogP contribution in [-0.4, -0.2) is 12.4 Å². The Balaban J connectivity index is 2.44. The molecule has 0 bridgehead atoms. The summed E-state index contributed by atoms with van der Waals surface area (Å²) < 4.78 is 10.9. The van der Waals surface area contributed by atoms with Gasteiger partial charge >= 0.3 is 5.63 Å². The Labute approximate surface area is 116 Å². The summed E-state index contributed by atoms with van der Waals surface area (Å²) in [5.74, 6) is 0.510. The molecule has 0 amide bonds. The van der Waals surface area contributed by atoms with Gasteiger partial charge in [-0.2, -0.15) is 0 Å². The van der Waals surface area contributed by atoms with Gasteiger partial charge in [0.1, 0.15) is 11.3 Å². The number of Topliss-reactive ketones (excluding diaryl/α,β-unsaturated/α-hetero) is 1. The molecular weight excluding hydrogens is 256 g/mol. The molecule has 0 radical (unpaired) electrons. The summed E-state index contributed by atoms with van der Waals surface area (Å²) in [4.78, 5) is 23.9. The number of carbonyl (C=O) groups excluding carboxylic acids is 1. The van der Waals surface area contributed by atoms with Crippen LogP contribution < -0.4 is 10.4 Å². The number of fused-ring (bicyclic) bond motifs is 3. The summed E-state index contributed by atoms with van der Waals surface area (Å²) in [6, 6.07) is 3.40. The molecule has 0 N–H and O–H groups in total. The molecule has 1 aromatic carbocycles. The minimum absolute atomic E-state index is 0.0203. The van der Waals surface area contributed by atoms with Crippen LogP contribution in [0.1, 0.15) is 41.3 Å². The molecule has 0 spiro atoms. The second kappa shape index (κ2) is 4.78. The Hall–Kier alpha value is -2.10. The van der Waals surface area contributed by atoms with Crippen LogP contribution in [-0.2, 0) is 6.42 Å². The van der Waals surface area contributed by atoms with E-state index in [-0.39, 0.29) is 5.78 Å². The molecule has 0 aliphatic carbocycles. The number of hydrogen-bond donors (Lipinski definition) is 0. The lowest BCUT2D eigenvalue weighted by molar-refractivity contribution is 0.0934. The third kappa shape index (κ3) is 1.92. The van der Waals surface area contributed by atoms with Gasteiger partial charge < -0.3 is 9.15 Å². The molecule has 0 saturated carbocycles. The number of ketones is 1. The Morgan fingerprint density at radius 3 is 2.80 bits per heavy atom. The van der Waals surface area contributed by atoms with Gasteiger partial charge in [-0.3, -0.25) is 4.79 Å². The van der Waals surface area contributed by atoms with Crippen LogP contribution in [0.25, 0.3) is 11.0 Å². The van der Waals surface area contributed by atoms with E-state index in [9.17, 15) is 9.59 Å². The van der Waals surface area contributed by atoms with Gasteiger partial charge in [0.05, 0.1) is 6.61 Å². The van der Waals surface area contributed by atoms with E-state index in [2.05, 4.69) is 6.92 Å². The zero-order valence-electron chi connectivity index (χ0n) is 11.6. The maximum atomic E-state index is 12.1. The Morgan fingerprint density at radius 1 is 1.25 bits per heavy atom. The Morgan fingerprint density at radius 2 is 2.05 bits per heavy atom. The second-order valence-electron chi connectivity index (χ2n) is 5.13. The quantitative estimate of drug-likeness (QED) is 0.788. The highest BCUT2D eigenvalue weighted by atomic mass is 16.5. The van der Waals surface area contributed by atoms with Crippen molar-refractivity contribution in [1.82, 2.24) is 0 Å². The highest BCUT2D eigenvalue weighted by molar-refractivity contribution is 6.10. The highest BCUT2D eigenvalue weighted by Gasteiger charge is 2.25. The van der Waals surface area contributed by atoms with Gasteiger partial charge in [-0.25, -0.2) is 4.79 Å². The fourth-order valence-corrected chi connectivity index (χ4v) is 2.83. The predicted molar refractivity (Wildman–Crippen MR) is 75.7 cm³/mol. The van der Waals surface area contributed by atoms with Crippen LogP contribution in [0.4, 0.5) is 0 Å². The summed E-state index contributed by atoms with van der Waals surface area (Å²) in [6.45, 7) is 4.39. The predicted octanol–water partition coefficient (Wildman–Crippen LogP) is 3.02. The molecule has 0 saturated heterocycles. The highest BCUT2D eigenvalue weighted by Crippen LogP contribution is 2.35. The number of hydrogen-bond acceptors (Lipinski definition) is 4. The van der Waals surface area contributed by atoms with E-state index < -0.39 is 5.63 Å². The fourth-order valence-electron chi connectivity index (χ4n) is 2.83. The minimum atomic E-state index is -0.410. The monoisotopic (exact) mass is 272 g/mol. The van der Waals surface area contributed by atoms with Crippen molar-refractivity contribution >= 4 is 16.8 Å². The van der Waals surface area contributed by atoms with Crippen molar-refractivity contribution in [3.63, 3.8) is 0 Å². The molecular formula is C16H16O4. The number of ether oxygens (including phenoxy) is 1. The van der Waals surface area contributed by atoms with E-state index >= 15 is 0 Å². The summed E-state index contributed by atoms with van der Waals surface area (Å²) in [7, 11) is 0. The number of carbonyl (C=O) groups is 1.